The van der Waals surface area contributed by atoms with Crippen LogP contribution in [0.4, 0.5) is 0 Å². The van der Waals surface area contributed by atoms with Crippen molar-refractivity contribution in [2.45, 2.75) is 57.5 Å². The van der Waals surface area contributed by atoms with Gasteiger partial charge in [-0.05, 0) is 0 Å². The predicted molar refractivity (Wildman–Crippen MR) is 99.0 cm³/mol. The first kappa shape index (κ1) is 30.1. The van der Waals surface area contributed by atoms with Gasteiger partial charge in [0, 0.05) is 39.2 Å². The number of hydrogen-bond acceptors (Lipinski definition) is 13. The van der Waals surface area contributed by atoms with Gasteiger partial charge in [-0.1, -0.05) is 0 Å². The zero-order valence-corrected chi connectivity index (χ0v) is 21.4. The molecule has 0 aliphatic carbocycles. The van der Waals surface area contributed by atoms with E-state index in [1.807, 2.05) is 0 Å². The molecular weight excluding hydrogens is 471 g/mol. The SMILES string of the molecule is CC(=O)OC[C@H]1O[C@H](SCCS(=O)(=O)[O-])[C@H](OC(C)=O)[C@@H](OC(C)=O)[C@@H]1OC(C)=O.[Na+]. The number of thioether (sulfide) groups is 1. The van der Waals surface area contributed by atoms with Gasteiger partial charge in [0.05, 0.1) is 10.1 Å². The average Bonchev–Trinajstić information content (AvgIpc) is 2.55. The summed E-state index contributed by atoms with van der Waals surface area (Å²) >= 11 is 0.813. The Morgan fingerprint density at radius 2 is 1.35 bits per heavy atom. The quantitative estimate of drug-likeness (QED) is 0.133. The Bertz CT molecular complexity index is 756. The second-order valence-electron chi connectivity index (χ2n) is 6.20. The Balaban J connectivity index is 0.00000900. The summed E-state index contributed by atoms with van der Waals surface area (Å²) in [4.78, 5) is 46.0. The molecule has 1 aliphatic rings. The maximum absolute atomic E-state index is 11.6. The average molecular weight is 494 g/mol. The molecule has 31 heavy (non-hydrogen) atoms. The molecule has 12 nitrogen and oxygen atoms in total. The van der Waals surface area contributed by atoms with Crippen molar-refractivity contribution >= 4 is 45.8 Å². The molecule has 0 aromatic carbocycles. The number of carbonyl (C=O) groups is 4. The van der Waals surface area contributed by atoms with Crippen LogP contribution in [0, 0.1) is 0 Å². The number of hydrogen-bond donors (Lipinski definition) is 0. The number of rotatable bonds is 9. The summed E-state index contributed by atoms with van der Waals surface area (Å²) in [7, 11) is -4.52. The van der Waals surface area contributed by atoms with E-state index in [9.17, 15) is 32.1 Å². The van der Waals surface area contributed by atoms with Crippen molar-refractivity contribution in [2.24, 2.45) is 0 Å². The summed E-state index contributed by atoms with van der Waals surface area (Å²) in [5.41, 5.74) is -1.12. The summed E-state index contributed by atoms with van der Waals surface area (Å²) < 4.78 is 58.9. The van der Waals surface area contributed by atoms with Crippen LogP contribution < -0.4 is 29.6 Å². The molecule has 172 valence electrons. The smallest absolute Gasteiger partial charge is 0.748 e. The van der Waals surface area contributed by atoms with Crippen LogP contribution in [0.3, 0.4) is 0 Å². The van der Waals surface area contributed by atoms with Gasteiger partial charge in [0.1, 0.15) is 18.1 Å². The maximum Gasteiger partial charge on any atom is 1.00 e. The molecule has 1 heterocycles. The van der Waals surface area contributed by atoms with E-state index in [4.69, 9.17) is 23.7 Å². The molecule has 0 N–H and O–H groups in total. The van der Waals surface area contributed by atoms with E-state index >= 15 is 0 Å². The van der Waals surface area contributed by atoms with Gasteiger partial charge >= 0.3 is 53.4 Å². The number of ether oxygens (including phenoxy) is 5. The van der Waals surface area contributed by atoms with Crippen molar-refractivity contribution in [2.75, 3.05) is 18.1 Å². The first-order valence-electron chi connectivity index (χ1n) is 8.65. The van der Waals surface area contributed by atoms with Crippen LogP contribution in [0.1, 0.15) is 27.7 Å². The Morgan fingerprint density at radius 1 is 0.871 bits per heavy atom. The third-order valence-electron chi connectivity index (χ3n) is 3.56. The summed E-state index contributed by atoms with van der Waals surface area (Å²) in [5.74, 6) is -3.94. The van der Waals surface area contributed by atoms with E-state index in [2.05, 4.69) is 0 Å². The molecule has 1 aliphatic heterocycles. The zero-order chi connectivity index (χ0) is 23.1. The normalized spacial score (nSPS) is 25.5. The van der Waals surface area contributed by atoms with E-state index < -0.39 is 76.2 Å². The third-order valence-corrected chi connectivity index (χ3v) is 5.67. The first-order valence-corrected chi connectivity index (χ1v) is 11.3. The van der Waals surface area contributed by atoms with Crippen molar-refractivity contribution in [3.63, 3.8) is 0 Å². The fraction of sp³-hybridized carbons (Fsp3) is 0.750. The van der Waals surface area contributed by atoms with E-state index in [1.165, 1.54) is 0 Å². The molecule has 0 spiro atoms. The van der Waals surface area contributed by atoms with Gasteiger partial charge in [-0.3, -0.25) is 19.2 Å². The van der Waals surface area contributed by atoms with Crippen molar-refractivity contribution in [3.8, 4) is 0 Å². The maximum atomic E-state index is 11.6. The van der Waals surface area contributed by atoms with E-state index in [0.29, 0.717) is 0 Å². The molecule has 1 rings (SSSR count). The van der Waals surface area contributed by atoms with E-state index in [-0.39, 0.29) is 35.3 Å². The molecule has 0 saturated carbocycles. The standard InChI is InChI=1S/C16H24O12S2.Na/c1-8(17)24-7-12-13(25-9(2)18)14(26-10(3)19)15(27-11(4)20)16(28-12)29-5-6-30(21,22)23;/h12-16H,5-7H2,1-4H3,(H,21,22,23);/q;+1/p-1/t12-,13-,14+,15-,16-;/m1./s1. The first-order chi connectivity index (χ1) is 13.8. The van der Waals surface area contributed by atoms with Gasteiger partial charge in [0.15, 0.2) is 18.3 Å². The molecule has 0 bridgehead atoms. The molecule has 5 atom stereocenters. The van der Waals surface area contributed by atoms with Crippen molar-refractivity contribution in [3.05, 3.63) is 0 Å². The third kappa shape index (κ3) is 11.5. The molecule has 0 unspecified atom stereocenters. The van der Waals surface area contributed by atoms with E-state index in [0.717, 1.165) is 39.5 Å². The van der Waals surface area contributed by atoms with Gasteiger partial charge in [-0.25, -0.2) is 8.42 Å². The molecule has 0 radical (unpaired) electrons. The molecule has 0 amide bonds. The minimum Gasteiger partial charge on any atom is -0.748 e. The Hall–Kier alpha value is -0.900. The second-order valence-corrected chi connectivity index (χ2v) is 8.93. The van der Waals surface area contributed by atoms with Gasteiger partial charge in [-0.15, -0.1) is 11.8 Å². The van der Waals surface area contributed by atoms with E-state index in [1.54, 1.807) is 0 Å². The van der Waals surface area contributed by atoms with Crippen molar-refractivity contribution < 1.29 is 85.4 Å². The predicted octanol–water partition coefficient (Wildman–Crippen LogP) is -3.65. The fourth-order valence-corrected chi connectivity index (χ4v) is 4.64. The van der Waals surface area contributed by atoms with Gasteiger partial charge in [-0.2, -0.15) is 0 Å². The topological polar surface area (TPSA) is 172 Å². The summed E-state index contributed by atoms with van der Waals surface area (Å²) in [6.45, 7) is 4.00. The van der Waals surface area contributed by atoms with Crippen LogP contribution >= 0.6 is 11.8 Å². The van der Waals surface area contributed by atoms with Crippen LogP contribution in [0.15, 0.2) is 0 Å². The summed E-state index contributed by atoms with van der Waals surface area (Å²) in [5, 5.41) is 0. The molecule has 1 fully saturated rings. The largest absolute Gasteiger partial charge is 1.00 e. The van der Waals surface area contributed by atoms with Gasteiger partial charge < -0.3 is 28.2 Å². The van der Waals surface area contributed by atoms with Gasteiger partial charge in [0.25, 0.3) is 0 Å². The van der Waals surface area contributed by atoms with Crippen LogP contribution in [0.25, 0.3) is 0 Å². The number of carbonyl (C=O) groups excluding carboxylic acids is 4. The minimum atomic E-state index is -4.52. The van der Waals surface area contributed by atoms with Crippen LogP contribution in [0.5, 0.6) is 0 Å². The van der Waals surface area contributed by atoms with Gasteiger partial charge in [0.2, 0.25) is 0 Å². The van der Waals surface area contributed by atoms with Crippen LogP contribution in [-0.2, 0) is 53.0 Å². The van der Waals surface area contributed by atoms with Crippen molar-refractivity contribution in [1.29, 1.82) is 0 Å². The molecule has 0 aromatic rings. The molecule has 15 heteroatoms. The Labute approximate surface area is 206 Å². The Morgan fingerprint density at radius 3 is 1.81 bits per heavy atom. The van der Waals surface area contributed by atoms with Crippen LogP contribution in [-0.4, -0.2) is 84.8 Å². The molecule has 1 saturated heterocycles. The van der Waals surface area contributed by atoms with Crippen LogP contribution in [0.2, 0.25) is 0 Å². The summed E-state index contributed by atoms with van der Waals surface area (Å²) in [6.07, 6.45) is -5.07. The monoisotopic (exact) mass is 494 g/mol. The molecule has 0 aromatic heterocycles. The number of esters is 4. The fourth-order valence-electron chi connectivity index (χ4n) is 2.59. The Kier molecular flexibility index (Phi) is 13.2. The second kappa shape index (κ2) is 13.6. The summed E-state index contributed by atoms with van der Waals surface area (Å²) in [6, 6.07) is 0. The molecular formula is C16H23NaO12S2. The minimum absolute atomic E-state index is 0. The van der Waals surface area contributed by atoms with Crippen molar-refractivity contribution in [1.82, 2.24) is 0 Å². The zero-order valence-electron chi connectivity index (χ0n) is 17.7.